The van der Waals surface area contributed by atoms with Gasteiger partial charge in [0, 0.05) is 47.4 Å². The van der Waals surface area contributed by atoms with Crippen LogP contribution in [0.3, 0.4) is 0 Å². The van der Waals surface area contributed by atoms with E-state index in [9.17, 15) is 0 Å². The number of aromatic nitrogens is 1. The first-order valence-corrected chi connectivity index (χ1v) is 16.1. The van der Waals surface area contributed by atoms with Crippen molar-refractivity contribution in [3.05, 3.63) is 152 Å². The van der Waals surface area contributed by atoms with E-state index in [1.165, 1.54) is 64.2 Å². The zero-order valence-corrected chi connectivity index (χ0v) is 25.0. The van der Waals surface area contributed by atoms with Crippen molar-refractivity contribution in [2.45, 2.75) is 0 Å². The number of benzene rings is 7. The number of para-hydroxylation sites is 2. The minimum atomic E-state index is 0.900. The molecule has 2 nitrogen and oxygen atoms in total. The minimum absolute atomic E-state index is 0.900. The van der Waals surface area contributed by atoms with E-state index in [-0.39, 0.29) is 0 Å². The van der Waals surface area contributed by atoms with Crippen LogP contribution in [-0.2, 0) is 0 Å². The Balaban J connectivity index is 1.11. The highest BCUT2D eigenvalue weighted by molar-refractivity contribution is 7.25. The summed E-state index contributed by atoms with van der Waals surface area (Å²) in [6.45, 7) is 0. The Bertz CT molecular complexity index is 2720. The highest BCUT2D eigenvalue weighted by atomic mass is 32.1. The van der Waals surface area contributed by atoms with Crippen LogP contribution in [-0.4, -0.2) is 4.57 Å². The number of fused-ring (bicyclic) bond motifs is 9. The number of nitrogens with zero attached hydrogens (tertiary/aromatic N) is 1. The summed E-state index contributed by atoms with van der Waals surface area (Å²) in [6.07, 6.45) is 0. The Morgan fingerprint density at radius 1 is 0.378 bits per heavy atom. The fourth-order valence-electron chi connectivity index (χ4n) is 7.07. The number of thiophene rings is 1. The molecule has 0 N–H and O–H groups in total. The van der Waals surface area contributed by atoms with Crippen LogP contribution in [0.4, 0.5) is 0 Å². The van der Waals surface area contributed by atoms with Gasteiger partial charge in [0.1, 0.15) is 11.2 Å². The van der Waals surface area contributed by atoms with E-state index >= 15 is 0 Å². The molecule has 0 aliphatic rings. The normalized spacial score (nSPS) is 12.0. The van der Waals surface area contributed by atoms with Crippen LogP contribution in [0.2, 0.25) is 0 Å². The van der Waals surface area contributed by atoms with Crippen molar-refractivity contribution in [2.24, 2.45) is 0 Å². The first kappa shape index (κ1) is 24.8. The van der Waals surface area contributed by atoms with Crippen LogP contribution in [0.25, 0.3) is 91.9 Å². The molecule has 0 aliphatic heterocycles. The highest BCUT2D eigenvalue weighted by Gasteiger charge is 2.15. The summed E-state index contributed by atoms with van der Waals surface area (Å²) in [6, 6.07) is 54.8. The average Bonchev–Trinajstić information content (AvgIpc) is 3.77. The molecule has 3 heteroatoms. The van der Waals surface area contributed by atoms with Crippen molar-refractivity contribution < 1.29 is 4.42 Å². The van der Waals surface area contributed by atoms with Crippen molar-refractivity contribution in [3.8, 4) is 27.9 Å². The molecule has 0 bridgehead atoms. The Hall–Kier alpha value is -5.64. The van der Waals surface area contributed by atoms with Crippen molar-refractivity contribution in [3.63, 3.8) is 0 Å². The summed E-state index contributed by atoms with van der Waals surface area (Å²) in [5.74, 6) is 0. The molecule has 0 saturated heterocycles. The van der Waals surface area contributed by atoms with Gasteiger partial charge >= 0.3 is 0 Å². The van der Waals surface area contributed by atoms with E-state index in [0.29, 0.717) is 0 Å². The van der Waals surface area contributed by atoms with Crippen LogP contribution in [0.1, 0.15) is 0 Å². The van der Waals surface area contributed by atoms with E-state index < -0.39 is 0 Å². The average molecular weight is 592 g/mol. The largest absolute Gasteiger partial charge is 0.456 e. The predicted molar refractivity (Wildman–Crippen MR) is 192 cm³/mol. The molecule has 7 aromatic carbocycles. The summed E-state index contributed by atoms with van der Waals surface area (Å²) in [5.41, 5.74) is 10.2. The fraction of sp³-hybridized carbons (Fsp3) is 0. The van der Waals surface area contributed by atoms with Gasteiger partial charge in [0.2, 0.25) is 0 Å². The van der Waals surface area contributed by atoms with Crippen molar-refractivity contribution in [2.75, 3.05) is 0 Å². The Labute approximate surface area is 263 Å². The van der Waals surface area contributed by atoms with E-state index in [1.54, 1.807) is 0 Å². The van der Waals surface area contributed by atoms with Gasteiger partial charge in [-0.3, -0.25) is 0 Å². The van der Waals surface area contributed by atoms with Crippen LogP contribution < -0.4 is 0 Å². The molecule has 0 radical (unpaired) electrons. The smallest absolute Gasteiger partial charge is 0.135 e. The second kappa shape index (κ2) is 9.43. The third kappa shape index (κ3) is 3.75. The third-order valence-electron chi connectivity index (χ3n) is 9.20. The van der Waals surface area contributed by atoms with Crippen molar-refractivity contribution in [1.29, 1.82) is 0 Å². The summed E-state index contributed by atoms with van der Waals surface area (Å²) >= 11 is 1.86. The standard InChI is InChI=1S/C42H25NOS/c1-4-13-37-31(10-1)32-11-2-5-14-38(32)43(37)30-18-20-40-35(25-30)34-23-28(16-19-39(34)44-40)26-8-7-9-27(22-26)29-17-21-42-36(24-29)33-12-3-6-15-41(33)45-42/h1-25H. The Morgan fingerprint density at radius 2 is 0.933 bits per heavy atom. The SMILES string of the molecule is c1cc(-c2ccc3oc4ccc(-n5c6ccccc6c6ccccc65)cc4c3c2)cc(-c2ccc3sc4ccccc4c3c2)c1. The summed E-state index contributed by atoms with van der Waals surface area (Å²) in [5, 5.41) is 7.42. The maximum Gasteiger partial charge on any atom is 0.135 e. The van der Waals surface area contributed by atoms with Gasteiger partial charge in [-0.1, -0.05) is 84.9 Å². The summed E-state index contributed by atoms with van der Waals surface area (Å²) < 4.78 is 11.4. The van der Waals surface area contributed by atoms with Gasteiger partial charge in [0.25, 0.3) is 0 Å². The molecule has 0 atom stereocenters. The summed E-state index contributed by atoms with van der Waals surface area (Å²) in [4.78, 5) is 0. The molecule has 10 rings (SSSR count). The lowest BCUT2D eigenvalue weighted by molar-refractivity contribution is 0.669. The van der Waals surface area contributed by atoms with Crippen molar-refractivity contribution in [1.82, 2.24) is 4.57 Å². The molecule has 3 aromatic heterocycles. The van der Waals surface area contributed by atoms with Crippen LogP contribution in [0.5, 0.6) is 0 Å². The van der Waals surface area contributed by atoms with Crippen LogP contribution >= 0.6 is 11.3 Å². The second-order valence-electron chi connectivity index (χ2n) is 11.8. The molecular weight excluding hydrogens is 567 g/mol. The van der Waals surface area contributed by atoms with E-state index in [1.807, 2.05) is 11.3 Å². The quantitative estimate of drug-likeness (QED) is 0.200. The highest BCUT2D eigenvalue weighted by Crippen LogP contribution is 2.39. The Kier molecular flexibility index (Phi) is 5.19. The monoisotopic (exact) mass is 591 g/mol. The maximum absolute atomic E-state index is 6.34. The lowest BCUT2D eigenvalue weighted by atomic mass is 9.97. The second-order valence-corrected chi connectivity index (χ2v) is 12.8. The first-order chi connectivity index (χ1) is 22.3. The van der Waals surface area contributed by atoms with Gasteiger partial charge in [-0.05, 0) is 89.0 Å². The number of hydrogen-bond acceptors (Lipinski definition) is 2. The molecule has 45 heavy (non-hydrogen) atoms. The predicted octanol–water partition coefficient (Wildman–Crippen LogP) is 12.4. The van der Waals surface area contributed by atoms with Gasteiger partial charge in [-0.15, -0.1) is 11.3 Å². The van der Waals surface area contributed by atoms with E-state index in [2.05, 4.69) is 156 Å². The van der Waals surface area contributed by atoms with Gasteiger partial charge in [-0.2, -0.15) is 0 Å². The van der Waals surface area contributed by atoms with Gasteiger partial charge < -0.3 is 8.98 Å². The first-order valence-electron chi connectivity index (χ1n) is 15.3. The van der Waals surface area contributed by atoms with Crippen LogP contribution in [0.15, 0.2) is 156 Å². The van der Waals surface area contributed by atoms with Crippen molar-refractivity contribution >= 4 is 75.3 Å². The number of rotatable bonds is 3. The number of hydrogen-bond donors (Lipinski definition) is 0. The molecule has 0 unspecified atom stereocenters. The molecule has 0 aliphatic carbocycles. The zero-order chi connectivity index (χ0) is 29.5. The maximum atomic E-state index is 6.34. The van der Waals surface area contributed by atoms with Crippen LogP contribution in [0, 0.1) is 0 Å². The molecule has 210 valence electrons. The molecular formula is C42H25NOS. The molecule has 3 heterocycles. The van der Waals surface area contributed by atoms with Gasteiger partial charge in [0.15, 0.2) is 0 Å². The zero-order valence-electron chi connectivity index (χ0n) is 24.2. The Morgan fingerprint density at radius 3 is 1.69 bits per heavy atom. The number of furan rings is 1. The summed E-state index contributed by atoms with van der Waals surface area (Å²) in [7, 11) is 0. The third-order valence-corrected chi connectivity index (χ3v) is 10.3. The molecule has 10 aromatic rings. The van der Waals surface area contributed by atoms with Gasteiger partial charge in [0.05, 0.1) is 11.0 Å². The minimum Gasteiger partial charge on any atom is -0.456 e. The van der Waals surface area contributed by atoms with Gasteiger partial charge in [-0.25, -0.2) is 0 Å². The lowest BCUT2D eigenvalue weighted by Crippen LogP contribution is -1.93. The topological polar surface area (TPSA) is 18.1 Å². The molecule has 0 fully saturated rings. The molecule has 0 spiro atoms. The lowest BCUT2D eigenvalue weighted by Gasteiger charge is -2.08. The fourth-order valence-corrected chi connectivity index (χ4v) is 8.16. The van der Waals surface area contributed by atoms with E-state index in [4.69, 9.17) is 4.42 Å². The van der Waals surface area contributed by atoms with E-state index in [0.717, 1.165) is 27.6 Å². The molecule has 0 saturated carbocycles. The molecule has 0 amide bonds.